The number of rotatable bonds is 2. The highest BCUT2D eigenvalue weighted by Crippen LogP contribution is 2.48. The van der Waals surface area contributed by atoms with Crippen molar-refractivity contribution in [2.24, 2.45) is 0 Å². The second-order valence-electron chi connectivity index (χ2n) is 5.10. The van der Waals surface area contributed by atoms with E-state index >= 15 is 0 Å². The predicted molar refractivity (Wildman–Crippen MR) is 82.8 cm³/mol. The fourth-order valence-electron chi connectivity index (χ4n) is 2.40. The Bertz CT molecular complexity index is 729. The lowest BCUT2D eigenvalue weighted by molar-refractivity contribution is -0.138. The summed E-state index contributed by atoms with van der Waals surface area (Å²) in [6.45, 7) is 1.69. The lowest BCUT2D eigenvalue weighted by Gasteiger charge is -2.30. The zero-order valence-electron chi connectivity index (χ0n) is 11.7. The molecule has 0 saturated heterocycles. The van der Waals surface area contributed by atoms with E-state index in [-0.39, 0.29) is 5.75 Å². The monoisotopic (exact) mass is 301 g/mol. The van der Waals surface area contributed by atoms with E-state index in [0.717, 1.165) is 26.7 Å². The van der Waals surface area contributed by atoms with E-state index < -0.39 is 11.9 Å². The lowest BCUT2D eigenvalue weighted by Crippen LogP contribution is -2.16. The first kappa shape index (κ1) is 13.8. The first-order chi connectivity index (χ1) is 9.97. The van der Waals surface area contributed by atoms with Crippen LogP contribution in [0.15, 0.2) is 46.2 Å². The fourth-order valence-corrected chi connectivity index (χ4v) is 3.57. The van der Waals surface area contributed by atoms with Gasteiger partial charge in [0.15, 0.2) is 0 Å². The maximum Gasteiger partial charge on any atom is 0.310 e. The van der Waals surface area contributed by atoms with E-state index in [9.17, 15) is 9.90 Å². The molecule has 0 saturated carbocycles. The maximum atomic E-state index is 11.1. The molecule has 2 aromatic rings. The number of phenolic OH excluding ortho intramolecular Hbond substituents is 1. The van der Waals surface area contributed by atoms with Crippen molar-refractivity contribution >= 4 is 29.1 Å². The van der Waals surface area contributed by atoms with Gasteiger partial charge >= 0.3 is 5.97 Å². The summed E-state index contributed by atoms with van der Waals surface area (Å²) in [4.78, 5) is 15.2. The summed E-state index contributed by atoms with van der Waals surface area (Å²) in [5.41, 5.74) is 2.78. The van der Waals surface area contributed by atoms with Crippen LogP contribution in [0.3, 0.4) is 0 Å². The molecule has 0 amide bonds. The number of fused-ring (bicyclic) bond motifs is 2. The summed E-state index contributed by atoms with van der Waals surface area (Å²) >= 11 is 1.58. The van der Waals surface area contributed by atoms with Crippen molar-refractivity contribution in [1.82, 2.24) is 0 Å². The van der Waals surface area contributed by atoms with Crippen LogP contribution in [0.1, 0.15) is 18.4 Å². The van der Waals surface area contributed by atoms with Crippen LogP contribution in [0, 0.1) is 0 Å². The molecule has 0 spiro atoms. The number of benzene rings is 2. The van der Waals surface area contributed by atoms with Crippen LogP contribution in [0.5, 0.6) is 5.75 Å². The van der Waals surface area contributed by atoms with Gasteiger partial charge in [0.05, 0.1) is 17.3 Å². The predicted octanol–water partition coefficient (Wildman–Crippen LogP) is 3.81. The molecule has 2 N–H and O–H groups in total. The first-order valence-electron chi connectivity index (χ1n) is 6.58. The summed E-state index contributed by atoms with van der Waals surface area (Å²) in [6, 6.07) is 11.0. The molecule has 0 aliphatic carbocycles. The average Bonchev–Trinajstić information content (AvgIpc) is 2.46. The smallest absolute Gasteiger partial charge is 0.310 e. The number of carbonyl (C=O) groups is 1. The summed E-state index contributed by atoms with van der Waals surface area (Å²) in [5.74, 6) is -1.12. The van der Waals surface area contributed by atoms with Crippen molar-refractivity contribution in [2.45, 2.75) is 22.6 Å². The first-order valence-corrected chi connectivity index (χ1v) is 7.40. The van der Waals surface area contributed by atoms with Crippen LogP contribution in [-0.2, 0) is 4.79 Å². The Morgan fingerprint density at radius 1 is 1.14 bits per heavy atom. The van der Waals surface area contributed by atoms with Crippen LogP contribution in [-0.4, -0.2) is 23.2 Å². The highest BCUT2D eigenvalue weighted by Gasteiger charge is 2.23. The fraction of sp³-hybridized carbons (Fsp3) is 0.188. The van der Waals surface area contributed by atoms with Gasteiger partial charge < -0.3 is 15.1 Å². The molecular weight excluding hydrogens is 286 g/mol. The average molecular weight is 301 g/mol. The number of aromatic hydroxyl groups is 1. The van der Waals surface area contributed by atoms with Gasteiger partial charge in [-0.1, -0.05) is 17.8 Å². The van der Waals surface area contributed by atoms with Gasteiger partial charge in [0, 0.05) is 16.8 Å². The van der Waals surface area contributed by atoms with Gasteiger partial charge in [-0.15, -0.1) is 0 Å². The second kappa shape index (κ2) is 5.00. The van der Waals surface area contributed by atoms with Crippen LogP contribution in [0.2, 0.25) is 0 Å². The maximum absolute atomic E-state index is 11.1. The molecule has 1 aliphatic rings. The number of anilines is 2. The highest BCUT2D eigenvalue weighted by atomic mass is 32.2. The summed E-state index contributed by atoms with van der Waals surface area (Å²) in [6.07, 6.45) is 0. The Balaban J connectivity index is 2.06. The number of nitrogens with zero attached hydrogens (tertiary/aromatic N) is 1. The molecular formula is C16H15NO3S. The minimum absolute atomic E-state index is 0.245. The van der Waals surface area contributed by atoms with E-state index in [0.29, 0.717) is 0 Å². The van der Waals surface area contributed by atoms with E-state index in [1.54, 1.807) is 30.8 Å². The van der Waals surface area contributed by atoms with Gasteiger partial charge in [0.2, 0.25) is 0 Å². The SMILES string of the molecule is CC(C(=O)O)c1ccc2c(c1)N(C)c1ccc(O)cc1S2. The molecule has 21 heavy (non-hydrogen) atoms. The topological polar surface area (TPSA) is 60.8 Å². The Labute approximate surface area is 127 Å². The molecule has 1 unspecified atom stereocenters. The van der Waals surface area contributed by atoms with E-state index in [1.807, 2.05) is 36.2 Å². The third kappa shape index (κ3) is 2.34. The number of hydrogen-bond acceptors (Lipinski definition) is 4. The Kier molecular flexibility index (Phi) is 3.29. The lowest BCUT2D eigenvalue weighted by atomic mass is 10.0. The van der Waals surface area contributed by atoms with Gasteiger partial charge in [-0.3, -0.25) is 4.79 Å². The molecule has 1 heterocycles. The van der Waals surface area contributed by atoms with Crippen LogP contribution >= 0.6 is 11.8 Å². The molecule has 1 atom stereocenters. The van der Waals surface area contributed by atoms with Crippen LogP contribution in [0.4, 0.5) is 11.4 Å². The van der Waals surface area contributed by atoms with Crippen molar-refractivity contribution in [3.05, 3.63) is 42.0 Å². The van der Waals surface area contributed by atoms with E-state index in [1.165, 1.54) is 0 Å². The zero-order valence-corrected chi connectivity index (χ0v) is 12.5. The van der Waals surface area contributed by atoms with Crippen LogP contribution < -0.4 is 4.90 Å². The summed E-state index contributed by atoms with van der Waals surface area (Å²) in [7, 11) is 1.95. The number of aliphatic carboxylic acids is 1. The minimum Gasteiger partial charge on any atom is -0.508 e. The molecule has 2 aromatic carbocycles. The highest BCUT2D eigenvalue weighted by molar-refractivity contribution is 7.99. The normalized spacial score (nSPS) is 14.3. The Morgan fingerprint density at radius 2 is 1.90 bits per heavy atom. The van der Waals surface area contributed by atoms with Crippen molar-refractivity contribution < 1.29 is 15.0 Å². The number of carboxylic acids is 1. The summed E-state index contributed by atoms with van der Waals surface area (Å²) < 4.78 is 0. The molecule has 3 rings (SSSR count). The molecule has 0 radical (unpaired) electrons. The standard InChI is InChI=1S/C16H15NO3S/c1-9(16(19)20)10-3-6-14-13(7-10)17(2)12-5-4-11(18)8-15(12)21-14/h3-9,18H,1-2H3,(H,19,20). The molecule has 4 nitrogen and oxygen atoms in total. The van der Waals surface area contributed by atoms with Gasteiger partial charge in [0.1, 0.15) is 5.75 Å². The quantitative estimate of drug-likeness (QED) is 0.883. The van der Waals surface area contributed by atoms with Gasteiger partial charge in [-0.05, 0) is 42.8 Å². The van der Waals surface area contributed by atoms with Gasteiger partial charge in [0.25, 0.3) is 0 Å². The molecule has 5 heteroatoms. The molecule has 0 bridgehead atoms. The van der Waals surface area contributed by atoms with Gasteiger partial charge in [-0.25, -0.2) is 0 Å². The molecule has 108 valence electrons. The minimum atomic E-state index is -0.827. The summed E-state index contributed by atoms with van der Waals surface area (Å²) in [5, 5.41) is 18.8. The van der Waals surface area contributed by atoms with Crippen molar-refractivity contribution in [3.63, 3.8) is 0 Å². The molecule has 0 aromatic heterocycles. The van der Waals surface area contributed by atoms with Crippen molar-refractivity contribution in [1.29, 1.82) is 0 Å². The van der Waals surface area contributed by atoms with Crippen LogP contribution in [0.25, 0.3) is 0 Å². The second-order valence-corrected chi connectivity index (χ2v) is 6.18. The number of carboxylic acid groups (broad SMARTS) is 1. The Hall–Kier alpha value is -2.14. The number of hydrogen-bond donors (Lipinski definition) is 2. The zero-order chi connectivity index (χ0) is 15.1. The molecule has 0 fully saturated rings. The third-order valence-corrected chi connectivity index (χ3v) is 4.85. The van der Waals surface area contributed by atoms with Crippen molar-refractivity contribution in [2.75, 3.05) is 11.9 Å². The number of phenols is 1. The largest absolute Gasteiger partial charge is 0.508 e. The van der Waals surface area contributed by atoms with Gasteiger partial charge in [-0.2, -0.15) is 0 Å². The van der Waals surface area contributed by atoms with Crippen molar-refractivity contribution in [3.8, 4) is 5.75 Å². The Morgan fingerprint density at radius 3 is 2.62 bits per heavy atom. The van der Waals surface area contributed by atoms with E-state index in [2.05, 4.69) is 0 Å². The molecule has 1 aliphatic heterocycles. The van der Waals surface area contributed by atoms with E-state index in [4.69, 9.17) is 5.11 Å². The third-order valence-electron chi connectivity index (χ3n) is 3.74.